The number of nitrogens with one attached hydrogen (secondary N) is 14. The molecule has 3 aromatic carbocycles. The number of amides is 15. The predicted octanol–water partition coefficient (Wildman–Crippen LogP) is -7.76. The molecule has 1 heterocycles. The third-order valence-corrected chi connectivity index (χ3v) is 18.1. The monoisotopic (exact) mass is 1670 g/mol. The van der Waals surface area contributed by atoms with Crippen molar-refractivity contribution in [1.82, 2.24) is 74.1 Å². The van der Waals surface area contributed by atoms with E-state index < -0.39 is 262 Å². The minimum Gasteiger partial charge on any atom is -0.508 e. The summed E-state index contributed by atoms with van der Waals surface area (Å²) in [5.41, 5.74) is 23.8. The molecular weight excluding hydrogens is 1570 g/mol. The predicted molar refractivity (Wildman–Crippen MR) is 417 cm³/mol. The standard InChI is InChI=1S/C75H106N18O26/c1-35(2)24-44(77)63(106)92-61(36(3)4)74(117)91-55(34-95)72(115)86-50(27-40-31-80-45-11-7-6-10-43(40)45)67(110)85-49(26-39-15-19-42(98)20-16-39)66(109)89-53(30-60(104)105)70(113)87-51(28-56(78)99)68(111)83-46(21-22-59(102)103)64(107)93-62(37(5)96)73(116)81-32-58(101)82-48(25-38-13-17-41(97)18-14-38)65(108)90-54(33-94)71(114)88-52(29-57(79)100)69(112)84-47(75(118)119)12-8-9-23-76/h6-7,10-11,13-20,31,35-37,44,46-55,61-62,80,94-98H,8-9,12,21-30,32-34,76-77H2,1-5H3,(H2,78,99)(H2,79,100)(H,81,116)(H,82,101)(H,83,111)(H,84,112)(H,85,110)(H,86,115)(H,87,113)(H,88,114)(H,89,109)(H,90,108)(H,91,117)(H,92,106)(H,93,107)(H,102,103)(H,104,105)(H,118,119)/t37-,44+,46+,47+,48+,49+,50+,51+,52+,53+,54+,55+,61+,62+/m1/s1. The highest BCUT2D eigenvalue weighted by Gasteiger charge is 2.39. The summed E-state index contributed by atoms with van der Waals surface area (Å²) in [5.74, 6) is -24.5. The van der Waals surface area contributed by atoms with Gasteiger partial charge in [0.25, 0.3) is 0 Å². The number of aromatic nitrogens is 1. The Morgan fingerprint density at radius 3 is 1.29 bits per heavy atom. The number of phenols is 2. The number of aliphatic hydroxyl groups is 3. The van der Waals surface area contributed by atoms with E-state index in [2.05, 4.69) is 74.1 Å². The molecule has 15 amide bonds. The topological polar surface area (TPSA) is 745 Å². The SMILES string of the molecule is CC(C)C[C@H](N)C(=O)N[C@H](C(=O)N[C@@H](CO)C(=O)N[C@@H](Cc1c[nH]c2ccccc12)C(=O)N[C@@H](Cc1ccc(O)cc1)C(=O)N[C@@H](CC(=O)O)C(=O)N[C@@H](CC(N)=O)C(=O)N[C@@H](CCC(=O)O)C(=O)N[C@H](C(=O)NCC(=O)N[C@@H](Cc1ccc(O)cc1)C(=O)N[C@@H](CO)C(=O)N[C@@H](CC(N)=O)C(=O)N[C@@H](CCCCN)C(=O)O)[C@@H](C)O)C(C)C. The van der Waals surface area contributed by atoms with Gasteiger partial charge in [-0.05, 0) is 104 Å². The van der Waals surface area contributed by atoms with Gasteiger partial charge in [-0.1, -0.05) is 70.2 Å². The van der Waals surface area contributed by atoms with Crippen molar-refractivity contribution in [3.8, 4) is 11.5 Å². The number of benzene rings is 3. The van der Waals surface area contributed by atoms with E-state index in [1.807, 2.05) is 13.8 Å². The van der Waals surface area contributed by atoms with Crippen molar-refractivity contribution >= 4 is 117 Å². The van der Waals surface area contributed by atoms with E-state index in [-0.39, 0.29) is 60.8 Å². The molecule has 1 aromatic heterocycles. The van der Waals surface area contributed by atoms with Crippen molar-refractivity contribution in [3.05, 3.63) is 95.7 Å². The Morgan fingerprint density at radius 2 is 0.840 bits per heavy atom. The number of unbranched alkanes of at least 4 members (excludes halogenated alkanes) is 1. The van der Waals surface area contributed by atoms with Gasteiger partial charge in [0.15, 0.2) is 0 Å². The summed E-state index contributed by atoms with van der Waals surface area (Å²) in [6.07, 6.45) is -6.15. The van der Waals surface area contributed by atoms with Crippen LogP contribution in [0, 0.1) is 11.8 Å². The zero-order valence-corrected chi connectivity index (χ0v) is 65.8. The Balaban J connectivity index is 1.59. The number of carboxylic acid groups (broad SMARTS) is 3. The molecule has 0 aliphatic heterocycles. The van der Waals surface area contributed by atoms with E-state index in [9.17, 15) is 127 Å². The normalized spacial score (nSPS) is 14.7. The Morgan fingerprint density at radius 1 is 0.429 bits per heavy atom. The number of carbonyl (C=O) groups excluding carboxylic acids is 15. The first kappa shape index (κ1) is 98.4. The fourth-order valence-corrected chi connectivity index (χ4v) is 11.8. The van der Waals surface area contributed by atoms with Crippen LogP contribution < -0.4 is 92.1 Å². The van der Waals surface area contributed by atoms with Crippen LogP contribution in [0.25, 0.3) is 10.9 Å². The number of aliphatic carboxylic acids is 3. The van der Waals surface area contributed by atoms with Gasteiger partial charge < -0.3 is 138 Å². The number of primary amides is 2. The Kier molecular flexibility index (Phi) is 40.2. The smallest absolute Gasteiger partial charge is 0.326 e. The Bertz CT molecular complexity index is 4240. The van der Waals surface area contributed by atoms with E-state index in [0.29, 0.717) is 22.9 Å². The summed E-state index contributed by atoms with van der Waals surface area (Å²) in [6, 6.07) is -6.64. The zero-order chi connectivity index (χ0) is 89.1. The van der Waals surface area contributed by atoms with Crippen LogP contribution in [0.2, 0.25) is 0 Å². The molecule has 0 aliphatic carbocycles. The molecule has 0 spiro atoms. The van der Waals surface area contributed by atoms with Crippen LogP contribution in [-0.2, 0) is 106 Å². The minimum absolute atomic E-state index is 0.00303. The van der Waals surface area contributed by atoms with Crippen molar-refractivity contribution in [2.75, 3.05) is 26.3 Å². The van der Waals surface area contributed by atoms with Gasteiger partial charge in [0.05, 0.1) is 51.2 Å². The average Bonchev–Trinajstić information content (AvgIpc) is 1.76. The molecule has 0 fully saturated rings. The molecule has 14 atom stereocenters. The largest absolute Gasteiger partial charge is 0.508 e. The van der Waals surface area contributed by atoms with Gasteiger partial charge in [-0.25, -0.2) is 4.79 Å². The molecule has 0 unspecified atom stereocenters. The average molecular weight is 1680 g/mol. The number of rotatable bonds is 52. The van der Waals surface area contributed by atoms with Gasteiger partial charge in [0, 0.05) is 42.8 Å². The molecule has 0 bridgehead atoms. The number of aromatic hydroxyl groups is 2. The lowest BCUT2D eigenvalue weighted by atomic mass is 10.00. The maximum Gasteiger partial charge on any atom is 0.326 e. The van der Waals surface area contributed by atoms with E-state index >= 15 is 0 Å². The Labute approximate surface area is 680 Å². The summed E-state index contributed by atoms with van der Waals surface area (Å²) in [6.45, 7) is 4.65. The number of aliphatic hydroxyl groups excluding tert-OH is 3. The number of phenolic OH excluding ortho intramolecular Hbond substituents is 2. The number of hydrogen-bond acceptors (Lipinski definition) is 25. The number of hydrogen-bond donors (Lipinski definition) is 26. The maximum atomic E-state index is 14.9. The van der Waals surface area contributed by atoms with Gasteiger partial charge in [-0.15, -0.1) is 0 Å². The summed E-state index contributed by atoms with van der Waals surface area (Å²) in [4.78, 5) is 246. The second-order valence-electron chi connectivity index (χ2n) is 28.7. The molecule has 0 radical (unpaired) electrons. The maximum absolute atomic E-state index is 14.9. The zero-order valence-electron chi connectivity index (χ0n) is 65.8. The number of carbonyl (C=O) groups is 18. The van der Waals surface area contributed by atoms with E-state index in [1.54, 1.807) is 38.1 Å². The van der Waals surface area contributed by atoms with Crippen molar-refractivity contribution < 1.29 is 127 Å². The number of aromatic amines is 1. The molecule has 4 rings (SSSR count). The van der Waals surface area contributed by atoms with Crippen LogP contribution in [0.5, 0.6) is 11.5 Å². The fraction of sp³-hybridized carbons (Fsp3) is 0.493. The molecule has 0 aliphatic rings. The second-order valence-corrected chi connectivity index (χ2v) is 28.7. The van der Waals surface area contributed by atoms with E-state index in [4.69, 9.17) is 22.9 Å². The lowest BCUT2D eigenvalue weighted by molar-refractivity contribution is -0.143. The third kappa shape index (κ3) is 33.7. The van der Waals surface area contributed by atoms with Crippen molar-refractivity contribution in [2.45, 2.75) is 196 Å². The number of carboxylic acids is 3. The fourth-order valence-electron chi connectivity index (χ4n) is 11.8. The highest BCUT2D eigenvalue weighted by atomic mass is 16.4. The first-order chi connectivity index (χ1) is 56.0. The summed E-state index contributed by atoms with van der Waals surface area (Å²) >= 11 is 0. The van der Waals surface area contributed by atoms with Gasteiger partial charge >= 0.3 is 17.9 Å². The van der Waals surface area contributed by atoms with Crippen LogP contribution >= 0.6 is 0 Å². The number of para-hydroxylation sites is 1. The van der Waals surface area contributed by atoms with Crippen molar-refractivity contribution in [2.24, 2.45) is 34.8 Å². The molecular formula is C75H106N18O26. The van der Waals surface area contributed by atoms with Crippen LogP contribution in [-0.4, -0.2) is 263 Å². The first-order valence-corrected chi connectivity index (χ1v) is 37.7. The highest BCUT2D eigenvalue weighted by molar-refractivity contribution is 6.02. The third-order valence-electron chi connectivity index (χ3n) is 18.1. The molecule has 119 heavy (non-hydrogen) atoms. The van der Waals surface area contributed by atoms with Crippen LogP contribution in [0.3, 0.4) is 0 Å². The van der Waals surface area contributed by atoms with Crippen LogP contribution in [0.15, 0.2) is 79.0 Å². The van der Waals surface area contributed by atoms with Gasteiger partial charge in [-0.2, -0.15) is 0 Å². The van der Waals surface area contributed by atoms with Gasteiger partial charge in [0.1, 0.15) is 84.0 Å². The van der Waals surface area contributed by atoms with Crippen molar-refractivity contribution in [3.63, 3.8) is 0 Å². The molecule has 4 aromatic rings. The lowest BCUT2D eigenvalue weighted by Gasteiger charge is -2.28. The summed E-state index contributed by atoms with van der Waals surface area (Å²) in [7, 11) is 0. The van der Waals surface area contributed by atoms with Crippen molar-refractivity contribution in [1.29, 1.82) is 0 Å². The summed E-state index contributed by atoms with van der Waals surface area (Å²) in [5, 5.41) is 111. The molecule has 44 nitrogen and oxygen atoms in total. The number of fused-ring (bicyclic) bond motifs is 1. The quantitative estimate of drug-likeness (QED) is 0.0183. The highest BCUT2D eigenvalue weighted by Crippen LogP contribution is 2.21. The van der Waals surface area contributed by atoms with E-state index in [0.717, 1.165) is 6.92 Å². The number of H-pyrrole nitrogens is 1. The minimum atomic E-state index is -2.26. The van der Waals surface area contributed by atoms with Crippen LogP contribution in [0.4, 0.5) is 0 Å². The molecule has 0 saturated heterocycles. The van der Waals surface area contributed by atoms with Crippen LogP contribution in [0.1, 0.15) is 109 Å². The molecule has 44 heteroatoms. The first-order valence-electron chi connectivity index (χ1n) is 37.7. The van der Waals surface area contributed by atoms with Gasteiger partial charge in [-0.3, -0.25) is 81.5 Å². The van der Waals surface area contributed by atoms with Gasteiger partial charge in [0.2, 0.25) is 88.6 Å². The Hall–Kier alpha value is -12.9. The molecule has 0 saturated carbocycles. The van der Waals surface area contributed by atoms with E-state index in [1.165, 1.54) is 54.7 Å². The number of nitrogens with two attached hydrogens (primary N) is 4. The lowest BCUT2D eigenvalue weighted by Crippen LogP contribution is -2.62. The molecule has 652 valence electrons. The second kappa shape index (κ2) is 48.6. The summed E-state index contributed by atoms with van der Waals surface area (Å²) < 4.78 is 0. The molecule has 30 N–H and O–H groups in total.